The summed E-state index contributed by atoms with van der Waals surface area (Å²) in [6, 6.07) is 12.3. The maximum Gasteiger partial charge on any atom is 0.257 e. The van der Waals surface area contributed by atoms with Crippen molar-refractivity contribution in [3.63, 3.8) is 0 Å². The van der Waals surface area contributed by atoms with Crippen LogP contribution in [0.2, 0.25) is 0 Å². The molecule has 1 aromatic heterocycles. The Morgan fingerprint density at radius 1 is 1.16 bits per heavy atom. The van der Waals surface area contributed by atoms with Crippen LogP contribution >= 0.6 is 0 Å². The minimum absolute atomic E-state index is 0.199. The maximum atomic E-state index is 12.1. The van der Waals surface area contributed by atoms with Gasteiger partial charge in [0, 0.05) is 11.4 Å². The number of pyridine rings is 1. The molecule has 1 aromatic carbocycles. The van der Waals surface area contributed by atoms with E-state index in [-0.39, 0.29) is 5.91 Å². The first-order valence-electron chi connectivity index (χ1n) is 5.86. The fourth-order valence-corrected chi connectivity index (χ4v) is 1.75. The predicted octanol–water partition coefficient (Wildman–Crippen LogP) is 2.82. The Morgan fingerprint density at radius 2 is 1.84 bits per heavy atom. The number of anilines is 1. The second-order valence-electron chi connectivity index (χ2n) is 4.23. The van der Waals surface area contributed by atoms with Crippen LogP contribution in [-0.4, -0.2) is 10.9 Å². The number of benzene rings is 1. The maximum absolute atomic E-state index is 12.1. The zero-order chi connectivity index (χ0) is 13.8. The molecule has 19 heavy (non-hydrogen) atoms. The van der Waals surface area contributed by atoms with Gasteiger partial charge in [-0.05, 0) is 50.2 Å². The summed E-state index contributed by atoms with van der Waals surface area (Å²) in [5.41, 5.74) is 3.35. The van der Waals surface area contributed by atoms with Gasteiger partial charge in [-0.15, -0.1) is 0 Å². The molecule has 0 unspecified atom stereocenters. The molecule has 0 aliphatic rings. The SMILES string of the molecule is Cc1ccc(C(=O)Nc2ccc(C#N)cc2)c(C)n1. The second-order valence-corrected chi connectivity index (χ2v) is 4.23. The number of hydrogen-bond donors (Lipinski definition) is 1. The van der Waals surface area contributed by atoms with Crippen molar-refractivity contribution in [2.45, 2.75) is 13.8 Å². The van der Waals surface area contributed by atoms with E-state index >= 15 is 0 Å². The number of carbonyl (C=O) groups excluding carboxylic acids is 1. The summed E-state index contributed by atoms with van der Waals surface area (Å²) in [6.45, 7) is 3.69. The van der Waals surface area contributed by atoms with Gasteiger partial charge in [-0.25, -0.2) is 0 Å². The zero-order valence-corrected chi connectivity index (χ0v) is 10.8. The van der Waals surface area contributed by atoms with Gasteiger partial charge >= 0.3 is 0 Å². The third-order valence-electron chi connectivity index (χ3n) is 2.74. The molecule has 2 rings (SSSR count). The van der Waals surface area contributed by atoms with Gasteiger partial charge in [0.25, 0.3) is 5.91 Å². The number of hydrogen-bond acceptors (Lipinski definition) is 3. The molecular formula is C15H13N3O. The highest BCUT2D eigenvalue weighted by atomic mass is 16.1. The van der Waals surface area contributed by atoms with Crippen LogP contribution in [0.5, 0.6) is 0 Å². The van der Waals surface area contributed by atoms with Crippen LogP contribution in [-0.2, 0) is 0 Å². The zero-order valence-electron chi connectivity index (χ0n) is 10.8. The van der Waals surface area contributed by atoms with Gasteiger partial charge in [0.05, 0.1) is 22.9 Å². The van der Waals surface area contributed by atoms with Gasteiger partial charge in [0.15, 0.2) is 0 Å². The average molecular weight is 251 g/mol. The first-order chi connectivity index (χ1) is 9.10. The number of nitrogens with one attached hydrogen (secondary N) is 1. The molecule has 0 spiro atoms. The van der Waals surface area contributed by atoms with Crippen molar-refractivity contribution in [1.82, 2.24) is 4.98 Å². The molecule has 0 radical (unpaired) electrons. The Kier molecular flexibility index (Phi) is 3.58. The number of nitrogens with zero attached hydrogens (tertiary/aromatic N) is 2. The summed E-state index contributed by atoms with van der Waals surface area (Å²) in [5.74, 6) is -0.199. The van der Waals surface area contributed by atoms with Crippen molar-refractivity contribution in [1.29, 1.82) is 5.26 Å². The Labute approximate surface area is 111 Å². The number of aryl methyl sites for hydroxylation is 2. The van der Waals surface area contributed by atoms with Gasteiger partial charge in [-0.2, -0.15) is 5.26 Å². The third-order valence-corrected chi connectivity index (χ3v) is 2.74. The van der Waals surface area contributed by atoms with E-state index in [9.17, 15) is 4.79 Å². The van der Waals surface area contributed by atoms with Crippen LogP contribution in [0.25, 0.3) is 0 Å². The number of carbonyl (C=O) groups is 1. The van der Waals surface area contributed by atoms with Gasteiger partial charge in [-0.1, -0.05) is 0 Å². The molecule has 1 amide bonds. The van der Waals surface area contributed by atoms with E-state index in [1.54, 1.807) is 43.3 Å². The summed E-state index contributed by atoms with van der Waals surface area (Å²) in [6.07, 6.45) is 0. The van der Waals surface area contributed by atoms with Crippen LogP contribution < -0.4 is 5.32 Å². The molecule has 0 fully saturated rings. The molecule has 1 N–H and O–H groups in total. The van der Waals surface area contributed by atoms with Gasteiger partial charge in [-0.3, -0.25) is 9.78 Å². The molecule has 0 atom stereocenters. The lowest BCUT2D eigenvalue weighted by Crippen LogP contribution is -2.14. The van der Waals surface area contributed by atoms with Crippen molar-refractivity contribution in [3.05, 3.63) is 58.9 Å². The highest BCUT2D eigenvalue weighted by Crippen LogP contribution is 2.12. The van der Waals surface area contributed by atoms with Crippen molar-refractivity contribution in [3.8, 4) is 6.07 Å². The number of amides is 1. The lowest BCUT2D eigenvalue weighted by molar-refractivity contribution is 0.102. The van der Waals surface area contributed by atoms with Crippen LogP contribution in [0.15, 0.2) is 36.4 Å². The second kappa shape index (κ2) is 5.32. The van der Waals surface area contributed by atoms with E-state index in [2.05, 4.69) is 10.3 Å². The lowest BCUT2D eigenvalue weighted by atomic mass is 10.1. The molecule has 0 aliphatic heterocycles. The molecule has 0 saturated heterocycles. The third kappa shape index (κ3) is 2.96. The average Bonchev–Trinajstić information content (AvgIpc) is 2.39. The molecule has 1 heterocycles. The van der Waals surface area contributed by atoms with Crippen molar-refractivity contribution >= 4 is 11.6 Å². The fraction of sp³-hybridized carbons (Fsp3) is 0.133. The number of aromatic nitrogens is 1. The molecule has 94 valence electrons. The van der Waals surface area contributed by atoms with Crippen LogP contribution in [0, 0.1) is 25.2 Å². The standard InChI is InChI=1S/C15H13N3O/c1-10-3-8-14(11(2)17-10)15(19)18-13-6-4-12(9-16)5-7-13/h3-8H,1-2H3,(H,18,19). The van der Waals surface area contributed by atoms with E-state index in [4.69, 9.17) is 5.26 Å². The van der Waals surface area contributed by atoms with Gasteiger partial charge < -0.3 is 5.32 Å². The lowest BCUT2D eigenvalue weighted by Gasteiger charge is -2.07. The molecule has 0 bridgehead atoms. The fourth-order valence-electron chi connectivity index (χ4n) is 1.75. The van der Waals surface area contributed by atoms with Crippen molar-refractivity contribution in [2.24, 2.45) is 0 Å². The van der Waals surface area contributed by atoms with E-state index in [0.29, 0.717) is 22.5 Å². The topological polar surface area (TPSA) is 65.8 Å². The minimum atomic E-state index is -0.199. The largest absolute Gasteiger partial charge is 0.322 e. The molecule has 2 aromatic rings. The summed E-state index contributed by atoms with van der Waals surface area (Å²) in [5, 5.41) is 11.5. The molecule has 0 aliphatic carbocycles. The monoisotopic (exact) mass is 251 g/mol. The van der Waals surface area contributed by atoms with Gasteiger partial charge in [0.1, 0.15) is 0 Å². The predicted molar refractivity (Wildman–Crippen MR) is 72.8 cm³/mol. The normalized spacial score (nSPS) is 9.74. The number of rotatable bonds is 2. The summed E-state index contributed by atoms with van der Waals surface area (Å²) < 4.78 is 0. The summed E-state index contributed by atoms with van der Waals surface area (Å²) >= 11 is 0. The Morgan fingerprint density at radius 3 is 2.42 bits per heavy atom. The Balaban J connectivity index is 2.18. The van der Waals surface area contributed by atoms with E-state index in [1.165, 1.54) is 0 Å². The van der Waals surface area contributed by atoms with Crippen LogP contribution in [0.1, 0.15) is 27.3 Å². The molecule has 4 nitrogen and oxygen atoms in total. The Hall–Kier alpha value is -2.67. The Bertz CT molecular complexity index is 654. The van der Waals surface area contributed by atoms with Crippen LogP contribution in [0.4, 0.5) is 5.69 Å². The van der Waals surface area contributed by atoms with E-state index in [0.717, 1.165) is 5.69 Å². The summed E-state index contributed by atoms with van der Waals surface area (Å²) in [4.78, 5) is 16.3. The first-order valence-corrected chi connectivity index (χ1v) is 5.86. The van der Waals surface area contributed by atoms with E-state index in [1.807, 2.05) is 13.0 Å². The quantitative estimate of drug-likeness (QED) is 0.892. The molecule has 4 heteroatoms. The highest BCUT2D eigenvalue weighted by Gasteiger charge is 2.10. The van der Waals surface area contributed by atoms with E-state index < -0.39 is 0 Å². The summed E-state index contributed by atoms with van der Waals surface area (Å²) in [7, 11) is 0. The first kappa shape index (κ1) is 12.8. The van der Waals surface area contributed by atoms with Crippen LogP contribution in [0.3, 0.4) is 0 Å². The molecule has 0 saturated carbocycles. The minimum Gasteiger partial charge on any atom is -0.322 e. The number of nitriles is 1. The highest BCUT2D eigenvalue weighted by molar-refractivity contribution is 6.04. The van der Waals surface area contributed by atoms with Crippen molar-refractivity contribution < 1.29 is 4.79 Å². The van der Waals surface area contributed by atoms with Gasteiger partial charge in [0.2, 0.25) is 0 Å². The molecular weight excluding hydrogens is 238 g/mol. The smallest absolute Gasteiger partial charge is 0.257 e. The van der Waals surface area contributed by atoms with Crippen molar-refractivity contribution in [2.75, 3.05) is 5.32 Å².